The summed E-state index contributed by atoms with van der Waals surface area (Å²) in [6.07, 6.45) is 0.111. The van der Waals surface area contributed by atoms with Gasteiger partial charge in [-0.3, -0.25) is 4.90 Å². The number of ether oxygens (including phenoxy) is 2. The topological polar surface area (TPSA) is 47.7 Å². The molecule has 2 N–H and O–H groups in total. The van der Waals surface area contributed by atoms with Gasteiger partial charge in [-0.25, -0.2) is 0 Å². The van der Waals surface area contributed by atoms with Gasteiger partial charge < -0.3 is 15.2 Å². The molecule has 1 aliphatic heterocycles. The molecule has 3 unspecified atom stereocenters. The molecule has 0 saturated carbocycles. The molecule has 0 aromatic heterocycles. The number of nitrogens with zero attached hydrogens (tertiary/aromatic N) is 1. The van der Waals surface area contributed by atoms with Crippen molar-refractivity contribution >= 4 is 23.2 Å². The highest BCUT2D eigenvalue weighted by atomic mass is 35.5. The third-order valence-corrected chi connectivity index (χ3v) is 4.40. The minimum atomic E-state index is 0.0394. The van der Waals surface area contributed by atoms with Crippen molar-refractivity contribution in [2.45, 2.75) is 18.2 Å². The van der Waals surface area contributed by atoms with Crippen LogP contribution in [0.1, 0.15) is 11.6 Å². The molecule has 112 valence electrons. The number of hydrogen-bond donors (Lipinski definition) is 1. The van der Waals surface area contributed by atoms with Crippen molar-refractivity contribution in [3.8, 4) is 0 Å². The smallest absolute Gasteiger partial charge is 0.0972 e. The highest BCUT2D eigenvalue weighted by molar-refractivity contribution is 6.35. The molecule has 1 aliphatic rings. The Bertz CT molecular complexity index is 447. The summed E-state index contributed by atoms with van der Waals surface area (Å²) in [6, 6.07) is 5.56. The Morgan fingerprint density at radius 1 is 1.25 bits per heavy atom. The molecule has 6 heteroatoms. The number of nitrogens with two attached hydrogens (primary N) is 1. The fraction of sp³-hybridized carbons (Fsp3) is 0.571. The molecule has 1 saturated heterocycles. The van der Waals surface area contributed by atoms with Crippen LogP contribution in [-0.2, 0) is 9.47 Å². The number of rotatable bonds is 5. The molecule has 4 nitrogen and oxygen atoms in total. The normalized spacial score (nSPS) is 25.1. The van der Waals surface area contributed by atoms with E-state index in [1.807, 2.05) is 12.1 Å². The van der Waals surface area contributed by atoms with Crippen LogP contribution in [0.3, 0.4) is 0 Å². The highest BCUT2D eigenvalue weighted by Crippen LogP contribution is 2.32. The summed E-state index contributed by atoms with van der Waals surface area (Å²) < 4.78 is 10.9. The summed E-state index contributed by atoms with van der Waals surface area (Å²) in [5, 5.41) is 1.27. The Morgan fingerprint density at radius 3 is 2.30 bits per heavy atom. The van der Waals surface area contributed by atoms with Gasteiger partial charge in [-0.2, -0.15) is 0 Å². The number of benzene rings is 1. The lowest BCUT2D eigenvalue weighted by atomic mass is 10.1. The quantitative estimate of drug-likeness (QED) is 0.905. The van der Waals surface area contributed by atoms with Crippen LogP contribution in [0.2, 0.25) is 10.0 Å². The first kappa shape index (κ1) is 16.0. The Morgan fingerprint density at radius 2 is 1.85 bits per heavy atom. The Hall–Kier alpha value is -0.360. The van der Waals surface area contributed by atoms with Gasteiger partial charge in [0.1, 0.15) is 0 Å². The Kier molecular flexibility index (Phi) is 5.66. The summed E-state index contributed by atoms with van der Waals surface area (Å²) >= 11 is 12.2. The van der Waals surface area contributed by atoms with Crippen LogP contribution in [0.5, 0.6) is 0 Å². The van der Waals surface area contributed by atoms with E-state index >= 15 is 0 Å². The van der Waals surface area contributed by atoms with E-state index in [9.17, 15) is 0 Å². The maximum absolute atomic E-state index is 6.29. The minimum absolute atomic E-state index is 0.0394. The Labute approximate surface area is 129 Å². The third-order valence-electron chi connectivity index (χ3n) is 3.83. The number of methoxy groups -OCH3 is 2. The second-order valence-electron chi connectivity index (χ2n) is 4.92. The fourth-order valence-corrected chi connectivity index (χ4v) is 3.26. The molecule has 0 amide bonds. The summed E-state index contributed by atoms with van der Waals surface area (Å²) in [5.74, 6) is 0. The lowest BCUT2D eigenvalue weighted by Gasteiger charge is -2.27. The molecular weight excluding hydrogens is 299 g/mol. The summed E-state index contributed by atoms with van der Waals surface area (Å²) in [5.41, 5.74) is 6.94. The standard InChI is InChI=1S/C14H20Cl2N2O2/c1-19-13-7-18(8-14(13)20-2)12(6-17)10-4-3-9(15)5-11(10)16/h3-5,12-14H,6-8,17H2,1-2H3. The van der Waals surface area contributed by atoms with Gasteiger partial charge in [-0.15, -0.1) is 0 Å². The third kappa shape index (κ3) is 3.27. The van der Waals surface area contributed by atoms with Gasteiger partial charge in [0.2, 0.25) is 0 Å². The molecule has 1 heterocycles. The zero-order valence-electron chi connectivity index (χ0n) is 11.7. The van der Waals surface area contributed by atoms with Crippen molar-refractivity contribution in [1.82, 2.24) is 4.90 Å². The van der Waals surface area contributed by atoms with Crippen molar-refractivity contribution in [2.75, 3.05) is 33.9 Å². The molecule has 1 fully saturated rings. The second-order valence-corrected chi connectivity index (χ2v) is 5.76. The van der Waals surface area contributed by atoms with Gasteiger partial charge in [0.05, 0.1) is 12.2 Å². The van der Waals surface area contributed by atoms with Gasteiger partial charge in [0.15, 0.2) is 0 Å². The van der Waals surface area contributed by atoms with E-state index in [0.717, 1.165) is 18.7 Å². The van der Waals surface area contributed by atoms with Crippen molar-refractivity contribution in [2.24, 2.45) is 5.73 Å². The second kappa shape index (κ2) is 7.07. The highest BCUT2D eigenvalue weighted by Gasteiger charge is 2.37. The predicted octanol–water partition coefficient (Wildman–Crippen LogP) is 2.34. The lowest BCUT2D eigenvalue weighted by Crippen LogP contribution is -2.33. The van der Waals surface area contributed by atoms with E-state index in [0.29, 0.717) is 16.6 Å². The summed E-state index contributed by atoms with van der Waals surface area (Å²) in [7, 11) is 3.40. The Balaban J connectivity index is 2.20. The molecule has 0 radical (unpaired) electrons. The van der Waals surface area contributed by atoms with Gasteiger partial charge in [0, 0.05) is 49.9 Å². The van der Waals surface area contributed by atoms with Crippen LogP contribution < -0.4 is 5.73 Å². The largest absolute Gasteiger partial charge is 0.377 e. The van der Waals surface area contributed by atoms with Gasteiger partial charge in [-0.1, -0.05) is 29.3 Å². The van der Waals surface area contributed by atoms with Gasteiger partial charge in [-0.05, 0) is 17.7 Å². The molecule has 20 heavy (non-hydrogen) atoms. The van der Waals surface area contributed by atoms with Gasteiger partial charge in [0.25, 0.3) is 0 Å². The van der Waals surface area contributed by atoms with Crippen LogP contribution in [0.15, 0.2) is 18.2 Å². The fourth-order valence-electron chi connectivity index (χ4n) is 2.72. The monoisotopic (exact) mass is 318 g/mol. The van der Waals surface area contributed by atoms with E-state index in [-0.39, 0.29) is 18.2 Å². The lowest BCUT2D eigenvalue weighted by molar-refractivity contribution is -0.00461. The first-order chi connectivity index (χ1) is 9.60. The summed E-state index contributed by atoms with van der Waals surface area (Å²) in [4.78, 5) is 2.25. The summed E-state index contributed by atoms with van der Waals surface area (Å²) in [6.45, 7) is 2.03. The van der Waals surface area contributed by atoms with E-state index in [2.05, 4.69) is 4.90 Å². The molecule has 3 atom stereocenters. The minimum Gasteiger partial charge on any atom is -0.377 e. The average molecular weight is 319 g/mol. The molecule has 0 aliphatic carbocycles. The molecule has 1 aromatic carbocycles. The number of hydrogen-bond acceptors (Lipinski definition) is 4. The maximum atomic E-state index is 6.29. The molecular formula is C14H20Cl2N2O2. The zero-order chi connectivity index (χ0) is 14.7. The van der Waals surface area contributed by atoms with E-state index in [1.165, 1.54) is 0 Å². The zero-order valence-corrected chi connectivity index (χ0v) is 13.2. The SMILES string of the molecule is COC1CN(C(CN)c2ccc(Cl)cc2Cl)CC1OC. The predicted molar refractivity (Wildman–Crippen MR) is 81.4 cm³/mol. The van der Waals surface area contributed by atoms with Crippen LogP contribution in [-0.4, -0.2) is 51.0 Å². The van der Waals surface area contributed by atoms with E-state index in [1.54, 1.807) is 20.3 Å². The van der Waals surface area contributed by atoms with Crippen molar-refractivity contribution < 1.29 is 9.47 Å². The molecule has 1 aromatic rings. The van der Waals surface area contributed by atoms with E-state index in [4.69, 9.17) is 38.4 Å². The molecule has 2 rings (SSSR count). The first-order valence-corrected chi connectivity index (χ1v) is 7.31. The average Bonchev–Trinajstić information content (AvgIpc) is 2.85. The maximum Gasteiger partial charge on any atom is 0.0972 e. The van der Waals surface area contributed by atoms with Crippen LogP contribution >= 0.6 is 23.2 Å². The molecule has 0 bridgehead atoms. The number of halogens is 2. The van der Waals surface area contributed by atoms with Crippen LogP contribution in [0, 0.1) is 0 Å². The number of likely N-dealkylation sites (tertiary alicyclic amines) is 1. The van der Waals surface area contributed by atoms with Gasteiger partial charge >= 0.3 is 0 Å². The van der Waals surface area contributed by atoms with Crippen LogP contribution in [0.4, 0.5) is 0 Å². The van der Waals surface area contributed by atoms with Crippen molar-refractivity contribution in [3.63, 3.8) is 0 Å². The van der Waals surface area contributed by atoms with Crippen molar-refractivity contribution in [1.29, 1.82) is 0 Å². The first-order valence-electron chi connectivity index (χ1n) is 6.55. The van der Waals surface area contributed by atoms with E-state index < -0.39 is 0 Å². The van der Waals surface area contributed by atoms with Crippen molar-refractivity contribution in [3.05, 3.63) is 33.8 Å². The molecule has 0 spiro atoms. The van der Waals surface area contributed by atoms with Crippen LogP contribution in [0.25, 0.3) is 0 Å².